The van der Waals surface area contributed by atoms with E-state index in [2.05, 4.69) is 194 Å². The van der Waals surface area contributed by atoms with Crippen LogP contribution in [-0.2, 0) is 0 Å². The summed E-state index contributed by atoms with van der Waals surface area (Å²) in [5, 5.41) is 4.81. The number of para-hydroxylation sites is 1. The number of hydrogen-bond donors (Lipinski definition) is 0. The second-order valence-electron chi connectivity index (χ2n) is 15.5. The number of benzene rings is 9. The topological polar surface area (TPSA) is 51.8 Å². The van der Waals surface area contributed by atoms with Gasteiger partial charge in [-0.2, -0.15) is 0 Å². The summed E-state index contributed by atoms with van der Waals surface area (Å²) in [6, 6.07) is 74.4. The summed E-state index contributed by atoms with van der Waals surface area (Å²) in [6.07, 6.45) is 0. The molecule has 0 aliphatic rings. The van der Waals surface area contributed by atoms with Gasteiger partial charge in [0.2, 0.25) is 0 Å². The van der Waals surface area contributed by atoms with Gasteiger partial charge in [-0.3, -0.25) is 0 Å². The normalized spacial score (nSPS) is 11.5. The van der Waals surface area contributed by atoms with E-state index in [4.69, 9.17) is 19.4 Å². The number of hydrogen-bond acceptors (Lipinski definition) is 5. The highest BCUT2D eigenvalue weighted by Gasteiger charge is 2.19. The van der Waals surface area contributed by atoms with Crippen molar-refractivity contribution in [2.45, 2.75) is 0 Å². The third-order valence-electron chi connectivity index (χ3n) is 11.8. The Morgan fingerprint density at radius 2 is 0.806 bits per heavy atom. The number of aromatic nitrogens is 3. The molecular formula is C57H35N3OS. The van der Waals surface area contributed by atoms with E-state index in [0.29, 0.717) is 17.5 Å². The van der Waals surface area contributed by atoms with Crippen LogP contribution in [0.4, 0.5) is 0 Å². The predicted molar refractivity (Wildman–Crippen MR) is 258 cm³/mol. The van der Waals surface area contributed by atoms with Crippen molar-refractivity contribution in [3.8, 4) is 78.7 Å². The molecule has 4 nitrogen and oxygen atoms in total. The Hall–Kier alpha value is -7.99. The van der Waals surface area contributed by atoms with E-state index in [9.17, 15) is 0 Å². The van der Waals surface area contributed by atoms with Crippen molar-refractivity contribution in [2.75, 3.05) is 0 Å². The molecule has 0 bridgehead atoms. The van der Waals surface area contributed by atoms with Gasteiger partial charge < -0.3 is 4.42 Å². The largest absolute Gasteiger partial charge is 0.455 e. The van der Waals surface area contributed by atoms with E-state index in [1.807, 2.05) is 29.5 Å². The first-order valence-corrected chi connectivity index (χ1v) is 21.6. The zero-order chi connectivity index (χ0) is 41.0. The fourth-order valence-corrected chi connectivity index (χ4v) is 9.83. The highest BCUT2D eigenvalue weighted by atomic mass is 32.1. The van der Waals surface area contributed by atoms with E-state index in [0.717, 1.165) is 77.6 Å². The van der Waals surface area contributed by atoms with Crippen molar-refractivity contribution in [1.29, 1.82) is 0 Å². The number of fused-ring (bicyclic) bond motifs is 6. The SMILES string of the molecule is c1ccc(-c2cccc(-c3nc(-c4ccc(-c5ccc(-c6ccc7c(c6)sc6ccccc67)c6c5oc5ccccc56)cc4)nc(-c4cccc(-c5ccccc5)c4)n3)c2)cc1. The Morgan fingerprint density at radius 3 is 1.48 bits per heavy atom. The number of nitrogens with zero attached hydrogens (tertiary/aromatic N) is 3. The molecule has 0 aliphatic carbocycles. The molecule has 12 rings (SSSR count). The van der Waals surface area contributed by atoms with Crippen LogP contribution in [0.15, 0.2) is 217 Å². The fraction of sp³-hybridized carbons (Fsp3) is 0. The van der Waals surface area contributed by atoms with E-state index in [1.54, 1.807) is 0 Å². The number of thiophene rings is 1. The molecular weight excluding hydrogens is 775 g/mol. The van der Waals surface area contributed by atoms with Crippen LogP contribution in [0, 0.1) is 0 Å². The summed E-state index contributed by atoms with van der Waals surface area (Å²) in [6.45, 7) is 0. The first-order valence-electron chi connectivity index (χ1n) is 20.7. The van der Waals surface area contributed by atoms with E-state index < -0.39 is 0 Å². The van der Waals surface area contributed by atoms with Crippen molar-refractivity contribution in [3.05, 3.63) is 212 Å². The monoisotopic (exact) mass is 809 g/mol. The number of rotatable bonds is 7. The minimum Gasteiger partial charge on any atom is -0.455 e. The Kier molecular flexibility index (Phi) is 8.65. The molecule has 3 heterocycles. The molecule has 5 heteroatoms. The Balaban J connectivity index is 0.967. The lowest BCUT2D eigenvalue weighted by atomic mass is 9.94. The summed E-state index contributed by atoms with van der Waals surface area (Å²) in [5.41, 5.74) is 13.4. The Morgan fingerprint density at radius 1 is 0.306 bits per heavy atom. The van der Waals surface area contributed by atoms with Gasteiger partial charge in [0.1, 0.15) is 11.2 Å². The smallest absolute Gasteiger partial charge is 0.164 e. The first kappa shape index (κ1) is 35.9. The molecule has 0 saturated heterocycles. The zero-order valence-corrected chi connectivity index (χ0v) is 34.2. The molecule has 0 unspecified atom stereocenters. The van der Waals surface area contributed by atoms with Crippen LogP contribution in [0.5, 0.6) is 0 Å². The van der Waals surface area contributed by atoms with Crippen LogP contribution >= 0.6 is 11.3 Å². The van der Waals surface area contributed by atoms with Crippen molar-refractivity contribution < 1.29 is 4.42 Å². The van der Waals surface area contributed by atoms with Gasteiger partial charge in [-0.1, -0.05) is 176 Å². The van der Waals surface area contributed by atoms with Gasteiger partial charge in [0, 0.05) is 53.2 Å². The van der Waals surface area contributed by atoms with Gasteiger partial charge in [-0.15, -0.1) is 11.3 Å². The molecule has 0 amide bonds. The van der Waals surface area contributed by atoms with Crippen molar-refractivity contribution in [1.82, 2.24) is 15.0 Å². The second kappa shape index (κ2) is 14.9. The maximum atomic E-state index is 6.73. The van der Waals surface area contributed by atoms with E-state index in [-0.39, 0.29) is 0 Å². The molecule has 0 saturated carbocycles. The van der Waals surface area contributed by atoms with Crippen LogP contribution in [0.3, 0.4) is 0 Å². The molecule has 0 atom stereocenters. The molecule has 9 aromatic carbocycles. The van der Waals surface area contributed by atoms with Gasteiger partial charge >= 0.3 is 0 Å². The molecule has 62 heavy (non-hydrogen) atoms. The third kappa shape index (κ3) is 6.35. The highest BCUT2D eigenvalue weighted by molar-refractivity contribution is 7.25. The summed E-state index contributed by atoms with van der Waals surface area (Å²) >= 11 is 1.84. The standard InChI is InChI=1S/C57H35N3OS/c1-3-13-36(14-4-1)40-17-11-19-43(33-40)56-58-55(59-57(60-56)44-20-12-18-41(34-44)37-15-5-2-6-16-37)39-27-25-38(26-28-39)46-32-31-45(53-49-22-7-9-23-50(49)61-54(46)53)42-29-30-48-47-21-8-10-24-51(47)62-52(48)35-42/h1-35H. The van der Waals surface area contributed by atoms with E-state index >= 15 is 0 Å². The van der Waals surface area contributed by atoms with Gasteiger partial charge in [-0.05, 0) is 75.3 Å². The summed E-state index contributed by atoms with van der Waals surface area (Å²) < 4.78 is 9.31. The van der Waals surface area contributed by atoms with Crippen LogP contribution in [0.1, 0.15) is 0 Å². The van der Waals surface area contributed by atoms with Gasteiger partial charge in [-0.25, -0.2) is 15.0 Å². The summed E-state index contributed by atoms with van der Waals surface area (Å²) in [7, 11) is 0. The quantitative estimate of drug-likeness (QED) is 0.161. The molecule has 0 radical (unpaired) electrons. The van der Waals surface area contributed by atoms with Crippen molar-refractivity contribution in [2.24, 2.45) is 0 Å². The molecule has 0 spiro atoms. The van der Waals surface area contributed by atoms with Crippen LogP contribution in [0.25, 0.3) is 121 Å². The van der Waals surface area contributed by atoms with Crippen molar-refractivity contribution in [3.63, 3.8) is 0 Å². The molecule has 0 fully saturated rings. The average molecular weight is 810 g/mol. The van der Waals surface area contributed by atoms with Crippen LogP contribution < -0.4 is 0 Å². The average Bonchev–Trinajstić information content (AvgIpc) is 3.93. The second-order valence-corrected chi connectivity index (χ2v) is 16.6. The summed E-state index contributed by atoms with van der Waals surface area (Å²) in [5.74, 6) is 1.84. The van der Waals surface area contributed by atoms with E-state index in [1.165, 1.54) is 25.7 Å². The fourth-order valence-electron chi connectivity index (χ4n) is 8.69. The van der Waals surface area contributed by atoms with Crippen LogP contribution in [0.2, 0.25) is 0 Å². The maximum absolute atomic E-state index is 6.73. The lowest BCUT2D eigenvalue weighted by Gasteiger charge is -2.11. The molecule has 3 aromatic heterocycles. The first-order chi connectivity index (χ1) is 30.7. The minimum absolute atomic E-state index is 0.604. The van der Waals surface area contributed by atoms with Crippen LogP contribution in [-0.4, -0.2) is 15.0 Å². The molecule has 0 aliphatic heterocycles. The Labute approximate surface area is 362 Å². The van der Waals surface area contributed by atoms with Crippen molar-refractivity contribution >= 4 is 53.4 Å². The lowest BCUT2D eigenvalue weighted by Crippen LogP contribution is -2.00. The summed E-state index contributed by atoms with van der Waals surface area (Å²) in [4.78, 5) is 15.4. The predicted octanol–water partition coefficient (Wildman–Crippen LogP) is 15.8. The van der Waals surface area contributed by atoms with Gasteiger partial charge in [0.05, 0.1) is 0 Å². The highest BCUT2D eigenvalue weighted by Crippen LogP contribution is 2.44. The zero-order valence-electron chi connectivity index (χ0n) is 33.4. The van der Waals surface area contributed by atoms with Gasteiger partial charge in [0.25, 0.3) is 0 Å². The Bertz CT molecular complexity index is 3530. The number of furan rings is 1. The lowest BCUT2D eigenvalue weighted by molar-refractivity contribution is 0.670. The van der Waals surface area contributed by atoms with Gasteiger partial charge in [0.15, 0.2) is 17.5 Å². The maximum Gasteiger partial charge on any atom is 0.164 e. The minimum atomic E-state index is 0.604. The molecule has 290 valence electrons. The third-order valence-corrected chi connectivity index (χ3v) is 12.9. The molecule has 0 N–H and O–H groups in total. The molecule has 12 aromatic rings.